The molecule has 4 rings (SSSR count). The van der Waals surface area contributed by atoms with Gasteiger partial charge in [0.1, 0.15) is 4.90 Å². The molecule has 190 valence electrons. The number of hydrogen-bond acceptors (Lipinski definition) is 6. The fraction of sp³-hybridized carbons (Fsp3) is 0.500. The number of rotatable bonds is 9. The van der Waals surface area contributed by atoms with Gasteiger partial charge in [-0.1, -0.05) is 25.1 Å². The summed E-state index contributed by atoms with van der Waals surface area (Å²) in [7, 11) is -1.87. The number of piperazine rings is 1. The van der Waals surface area contributed by atoms with Crippen LogP contribution < -0.4 is 10.0 Å². The molecule has 0 radical (unpaired) electrons. The van der Waals surface area contributed by atoms with E-state index in [0.717, 1.165) is 69.5 Å². The van der Waals surface area contributed by atoms with Crippen LogP contribution >= 0.6 is 0 Å². The minimum atomic E-state index is -4.00. The van der Waals surface area contributed by atoms with E-state index in [9.17, 15) is 18.3 Å². The molecule has 9 heteroatoms. The molecule has 1 aliphatic carbocycles. The lowest BCUT2D eigenvalue weighted by molar-refractivity contribution is 0.0696. The van der Waals surface area contributed by atoms with Gasteiger partial charge in [-0.3, -0.25) is 4.72 Å². The van der Waals surface area contributed by atoms with Gasteiger partial charge in [0.25, 0.3) is 10.0 Å². The van der Waals surface area contributed by atoms with E-state index in [2.05, 4.69) is 26.9 Å². The summed E-state index contributed by atoms with van der Waals surface area (Å²) in [4.78, 5) is 17.1. The molecule has 2 aromatic rings. The number of nitrogens with one attached hydrogen (secondary N) is 2. The highest BCUT2D eigenvalue weighted by Gasteiger charge is 2.28. The topological polar surface area (TPSA) is 102 Å². The van der Waals surface area contributed by atoms with Crippen LogP contribution in [0.4, 0.5) is 11.4 Å². The number of carboxylic acid groups (broad SMARTS) is 1. The number of fused-ring (bicyclic) bond motifs is 1. The molecule has 1 fully saturated rings. The average molecular weight is 501 g/mol. The molecule has 0 aromatic heterocycles. The lowest BCUT2D eigenvalue weighted by Crippen LogP contribution is -2.44. The van der Waals surface area contributed by atoms with Gasteiger partial charge in [-0.2, -0.15) is 0 Å². The summed E-state index contributed by atoms with van der Waals surface area (Å²) >= 11 is 0. The molecule has 0 bridgehead atoms. The van der Waals surface area contributed by atoms with Crippen LogP contribution in [0.25, 0.3) is 0 Å². The van der Waals surface area contributed by atoms with E-state index >= 15 is 0 Å². The third kappa shape index (κ3) is 5.97. The van der Waals surface area contributed by atoms with Gasteiger partial charge in [0.2, 0.25) is 0 Å². The monoisotopic (exact) mass is 500 g/mol. The second-order valence-electron chi connectivity index (χ2n) is 9.69. The van der Waals surface area contributed by atoms with Crippen LogP contribution in [-0.2, 0) is 16.4 Å². The lowest BCUT2D eigenvalue weighted by Gasteiger charge is -2.32. The van der Waals surface area contributed by atoms with Crippen molar-refractivity contribution < 1.29 is 18.3 Å². The van der Waals surface area contributed by atoms with Crippen molar-refractivity contribution in [1.82, 2.24) is 9.80 Å². The van der Waals surface area contributed by atoms with E-state index in [1.54, 1.807) is 30.3 Å². The molecule has 0 saturated carbocycles. The van der Waals surface area contributed by atoms with Gasteiger partial charge in [0, 0.05) is 32.7 Å². The van der Waals surface area contributed by atoms with E-state index < -0.39 is 16.0 Å². The van der Waals surface area contributed by atoms with Crippen molar-refractivity contribution in [3.63, 3.8) is 0 Å². The molecule has 3 N–H and O–H groups in total. The van der Waals surface area contributed by atoms with E-state index in [-0.39, 0.29) is 22.1 Å². The fourth-order valence-electron chi connectivity index (χ4n) is 5.15. The Morgan fingerprint density at radius 3 is 2.57 bits per heavy atom. The molecule has 2 aliphatic rings. The number of likely N-dealkylation sites (N-methyl/N-ethyl adjacent to an activating group) is 1. The molecular weight excluding hydrogens is 464 g/mol. The standard InChI is InChI=1S/C26H36N4O4S/c1-19-7-5-8-20-11-12-22(25(24(19)20)26(31)32)28-35(33,34)23-10-4-3-9-21(23)27-13-6-14-30-17-15-29(2)16-18-30/h3-4,9-12,19,27-28H,5-8,13-18H2,1-2H3,(H,31,32). The average Bonchev–Trinajstić information content (AvgIpc) is 2.83. The van der Waals surface area contributed by atoms with E-state index in [1.807, 2.05) is 13.0 Å². The molecule has 1 heterocycles. The Bertz CT molecular complexity index is 1160. The molecule has 1 saturated heterocycles. The van der Waals surface area contributed by atoms with Crippen molar-refractivity contribution in [3.05, 3.63) is 53.1 Å². The summed E-state index contributed by atoms with van der Waals surface area (Å²) in [5.74, 6) is -1.04. The van der Waals surface area contributed by atoms with Gasteiger partial charge in [-0.25, -0.2) is 13.2 Å². The maximum atomic E-state index is 13.4. The van der Waals surface area contributed by atoms with Gasteiger partial charge in [-0.05, 0) is 74.5 Å². The number of benzene rings is 2. The number of para-hydroxylation sites is 1. The summed E-state index contributed by atoms with van der Waals surface area (Å²) < 4.78 is 29.4. The predicted molar refractivity (Wildman–Crippen MR) is 139 cm³/mol. The number of aryl methyl sites for hydroxylation is 1. The molecule has 1 unspecified atom stereocenters. The lowest BCUT2D eigenvalue weighted by atomic mass is 9.80. The smallest absolute Gasteiger partial charge is 0.338 e. The van der Waals surface area contributed by atoms with Gasteiger partial charge in [0.05, 0.1) is 16.9 Å². The van der Waals surface area contributed by atoms with Crippen molar-refractivity contribution in [2.24, 2.45) is 0 Å². The Balaban J connectivity index is 1.49. The Labute approximate surface area is 208 Å². The number of aromatic carboxylic acids is 1. The van der Waals surface area contributed by atoms with Gasteiger partial charge in [-0.15, -0.1) is 0 Å². The van der Waals surface area contributed by atoms with Gasteiger partial charge in [0.15, 0.2) is 0 Å². The summed E-state index contributed by atoms with van der Waals surface area (Å²) in [5.41, 5.74) is 2.44. The summed E-state index contributed by atoms with van der Waals surface area (Å²) in [5, 5.41) is 13.2. The number of sulfonamides is 1. The third-order valence-electron chi connectivity index (χ3n) is 7.11. The maximum Gasteiger partial charge on any atom is 0.338 e. The number of anilines is 2. The fourth-order valence-corrected chi connectivity index (χ4v) is 6.40. The van der Waals surface area contributed by atoms with Crippen molar-refractivity contribution in [1.29, 1.82) is 0 Å². The normalized spacial score (nSPS) is 19.2. The van der Waals surface area contributed by atoms with Crippen LogP contribution in [0.3, 0.4) is 0 Å². The maximum absolute atomic E-state index is 13.4. The quantitative estimate of drug-likeness (QED) is 0.452. The van der Waals surface area contributed by atoms with Crippen LogP contribution in [0.2, 0.25) is 0 Å². The number of carboxylic acids is 1. The van der Waals surface area contributed by atoms with Crippen molar-refractivity contribution in [3.8, 4) is 0 Å². The van der Waals surface area contributed by atoms with Crippen LogP contribution in [0.15, 0.2) is 41.3 Å². The highest BCUT2D eigenvalue weighted by Crippen LogP contribution is 2.38. The Kier molecular flexibility index (Phi) is 7.98. The number of nitrogens with zero attached hydrogens (tertiary/aromatic N) is 2. The first-order valence-corrected chi connectivity index (χ1v) is 13.9. The first kappa shape index (κ1) is 25.5. The summed E-state index contributed by atoms with van der Waals surface area (Å²) in [6, 6.07) is 10.2. The molecule has 0 spiro atoms. The summed E-state index contributed by atoms with van der Waals surface area (Å²) in [6.07, 6.45) is 3.61. The molecule has 0 amide bonds. The predicted octanol–water partition coefficient (Wildman–Crippen LogP) is 3.67. The van der Waals surface area contributed by atoms with Crippen molar-refractivity contribution >= 4 is 27.4 Å². The zero-order valence-corrected chi connectivity index (χ0v) is 21.4. The van der Waals surface area contributed by atoms with E-state index in [4.69, 9.17) is 0 Å². The van der Waals surface area contributed by atoms with E-state index in [0.29, 0.717) is 12.2 Å². The SMILES string of the molecule is CC1CCCc2ccc(NS(=O)(=O)c3ccccc3NCCCN3CCN(C)CC3)c(C(=O)O)c21. The van der Waals surface area contributed by atoms with Gasteiger partial charge < -0.3 is 20.2 Å². The largest absolute Gasteiger partial charge is 0.478 e. The Morgan fingerprint density at radius 2 is 1.83 bits per heavy atom. The Hall–Kier alpha value is -2.62. The molecular formula is C26H36N4O4S. The number of carbonyl (C=O) groups is 1. The minimum absolute atomic E-state index is 0.0656. The van der Waals surface area contributed by atoms with Crippen LogP contribution in [0.1, 0.15) is 53.6 Å². The highest BCUT2D eigenvalue weighted by atomic mass is 32.2. The zero-order valence-electron chi connectivity index (χ0n) is 20.6. The second-order valence-corrected chi connectivity index (χ2v) is 11.3. The van der Waals surface area contributed by atoms with Crippen LogP contribution in [-0.4, -0.2) is 75.6 Å². The third-order valence-corrected chi connectivity index (χ3v) is 8.53. The van der Waals surface area contributed by atoms with Crippen LogP contribution in [0.5, 0.6) is 0 Å². The van der Waals surface area contributed by atoms with Gasteiger partial charge >= 0.3 is 5.97 Å². The first-order chi connectivity index (χ1) is 16.8. The highest BCUT2D eigenvalue weighted by molar-refractivity contribution is 7.92. The first-order valence-electron chi connectivity index (χ1n) is 12.4. The van der Waals surface area contributed by atoms with E-state index in [1.165, 1.54) is 0 Å². The minimum Gasteiger partial charge on any atom is -0.478 e. The van der Waals surface area contributed by atoms with Crippen LogP contribution in [0, 0.1) is 0 Å². The number of hydrogen-bond donors (Lipinski definition) is 3. The van der Waals surface area contributed by atoms with Crippen molar-refractivity contribution in [2.75, 3.05) is 56.4 Å². The summed E-state index contributed by atoms with van der Waals surface area (Å²) in [6.45, 7) is 7.86. The molecule has 35 heavy (non-hydrogen) atoms. The molecule has 1 aliphatic heterocycles. The molecule has 2 aromatic carbocycles. The Morgan fingerprint density at radius 1 is 1.09 bits per heavy atom. The van der Waals surface area contributed by atoms with Crippen molar-refractivity contribution in [2.45, 2.75) is 43.4 Å². The zero-order chi connectivity index (χ0) is 25.0. The molecule has 1 atom stereocenters. The second kappa shape index (κ2) is 11.0. The molecule has 8 nitrogen and oxygen atoms in total.